The molecule has 10 bridgehead atoms. The quantitative estimate of drug-likeness (QED) is 0.145. The summed E-state index contributed by atoms with van der Waals surface area (Å²) in [4.78, 5) is 53.3. The molecule has 7 heterocycles. The molecule has 2 amide bonds. The van der Waals surface area contributed by atoms with Crippen LogP contribution in [-0.4, -0.2) is 51.1 Å². The maximum atomic E-state index is 14.3. The highest BCUT2D eigenvalue weighted by molar-refractivity contribution is 6.07. The lowest BCUT2D eigenvalue weighted by molar-refractivity contribution is -0.157. The van der Waals surface area contributed by atoms with E-state index in [4.69, 9.17) is 28.3 Å². The predicted octanol–water partition coefficient (Wildman–Crippen LogP) is 6.38. The lowest BCUT2D eigenvalue weighted by atomic mass is 9.72. The molecule has 5 atom stereocenters. The fourth-order valence-corrected chi connectivity index (χ4v) is 8.78. The number of carbonyl (C=O) groups is 3. The summed E-state index contributed by atoms with van der Waals surface area (Å²) < 4.78 is 25.8. The normalized spacial score (nSPS) is 21.9. The highest BCUT2D eigenvalue weighted by atomic mass is 16.5. The summed E-state index contributed by atoms with van der Waals surface area (Å²) >= 11 is 0. The molecule has 0 saturated heterocycles. The van der Waals surface area contributed by atoms with Gasteiger partial charge in [0.1, 0.15) is 23.2 Å². The molecule has 4 aliphatic heterocycles. The Morgan fingerprint density at radius 3 is 2.60 bits per heavy atom. The van der Waals surface area contributed by atoms with Gasteiger partial charge in [-0.05, 0) is 35.1 Å². The first-order valence-corrected chi connectivity index (χ1v) is 18.6. The average molecular weight is 739 g/mol. The van der Waals surface area contributed by atoms with Gasteiger partial charge < -0.3 is 39.2 Å². The molecular formula is C42H38N6O7. The second-order valence-electron chi connectivity index (χ2n) is 15.5. The third kappa shape index (κ3) is 4.74. The summed E-state index contributed by atoms with van der Waals surface area (Å²) in [5, 5.41) is 10.8. The Bertz CT molecular complexity index is 2600. The van der Waals surface area contributed by atoms with Crippen LogP contribution < -0.4 is 20.7 Å². The molecule has 1 spiro atoms. The molecule has 6 aromatic rings. The molecule has 13 heteroatoms. The zero-order valence-electron chi connectivity index (χ0n) is 30.8. The van der Waals surface area contributed by atoms with Gasteiger partial charge >= 0.3 is 5.97 Å². The van der Waals surface area contributed by atoms with Crippen LogP contribution in [0.15, 0.2) is 75.8 Å². The number of oxazole rings is 2. The van der Waals surface area contributed by atoms with Crippen LogP contribution in [0.25, 0.3) is 44.9 Å². The standard InChI is InChI=1S/C42H38N6O7/c1-18(2)32-40-47-34-36(55-40)42-25-10-6-9-23(22-8-7-11-27-31(22)24(16-43-27)30-17-44-39(34)53-30)33(25)48-41(42)54-29-13-12-21(14-26(29)42)15-28(37(50)46-32)45-38(51)35(19(3)4)52-20(5)49/h6-14,16-19,28,32,35,41,43,48H,15H2,1-5H3,(H,45,51)(H,46,50)/t28-,32-,35-,41?,42?/m0/s1. The molecule has 13 nitrogen and oxygen atoms in total. The minimum atomic E-state index is -1.09. The first-order valence-electron chi connectivity index (χ1n) is 18.6. The number of hydrogen-bond donors (Lipinski definition) is 4. The van der Waals surface area contributed by atoms with Crippen molar-refractivity contribution in [2.24, 2.45) is 11.8 Å². The highest BCUT2D eigenvalue weighted by Gasteiger charge is 2.61. The smallest absolute Gasteiger partial charge is 0.303 e. The Morgan fingerprint density at radius 2 is 1.80 bits per heavy atom. The van der Waals surface area contributed by atoms with E-state index in [1.54, 1.807) is 20.0 Å². The van der Waals surface area contributed by atoms with E-state index >= 15 is 0 Å². The summed E-state index contributed by atoms with van der Waals surface area (Å²) in [6, 6.07) is 16.5. The SMILES string of the molecule is CC(=O)O[C@H](C(=O)N[C@H]1Cc2ccc3c(c2)C24c5cccc(c5NC2O3)-c2cccc3[nH]cc(c23)-c2cnc(o2)-c2nc(oc24)[C@H](C(C)C)NC1=O)C(C)C. The van der Waals surface area contributed by atoms with E-state index in [0.717, 1.165) is 50.0 Å². The molecule has 4 aliphatic rings. The van der Waals surface area contributed by atoms with Gasteiger partial charge in [0.2, 0.25) is 17.7 Å². The van der Waals surface area contributed by atoms with Crippen molar-refractivity contribution in [3.05, 3.63) is 95.3 Å². The van der Waals surface area contributed by atoms with Crippen molar-refractivity contribution < 1.29 is 32.7 Å². The van der Waals surface area contributed by atoms with E-state index in [1.165, 1.54) is 6.92 Å². The van der Waals surface area contributed by atoms with Crippen molar-refractivity contribution >= 4 is 34.4 Å². The van der Waals surface area contributed by atoms with E-state index in [-0.39, 0.29) is 30.0 Å². The van der Waals surface area contributed by atoms with E-state index in [1.807, 2.05) is 50.4 Å². The number of amides is 2. The predicted molar refractivity (Wildman–Crippen MR) is 201 cm³/mol. The molecular weight excluding hydrogens is 700 g/mol. The van der Waals surface area contributed by atoms with Crippen LogP contribution in [0.2, 0.25) is 0 Å². The van der Waals surface area contributed by atoms with Crippen molar-refractivity contribution in [1.29, 1.82) is 0 Å². The van der Waals surface area contributed by atoms with Gasteiger partial charge in [-0.15, -0.1) is 0 Å². The number of esters is 1. The van der Waals surface area contributed by atoms with E-state index in [2.05, 4.69) is 45.2 Å². The molecule has 4 N–H and O–H groups in total. The molecule has 0 aliphatic carbocycles. The lowest BCUT2D eigenvalue weighted by Crippen LogP contribution is -2.53. The number of anilines is 1. The highest BCUT2D eigenvalue weighted by Crippen LogP contribution is 2.61. The number of carbonyl (C=O) groups excluding carboxylic acids is 3. The number of hydrogen-bond acceptors (Lipinski definition) is 10. The largest absolute Gasteiger partial charge is 0.469 e. The third-order valence-corrected chi connectivity index (χ3v) is 11.3. The van der Waals surface area contributed by atoms with Crippen LogP contribution in [0, 0.1) is 11.8 Å². The Morgan fingerprint density at radius 1 is 0.982 bits per heavy atom. The van der Waals surface area contributed by atoms with Gasteiger partial charge in [0.05, 0.1) is 6.20 Å². The molecule has 0 radical (unpaired) electrons. The van der Waals surface area contributed by atoms with Gasteiger partial charge in [-0.3, -0.25) is 14.4 Å². The Kier molecular flexibility index (Phi) is 7.13. The van der Waals surface area contributed by atoms with Crippen molar-refractivity contribution in [3.63, 3.8) is 0 Å². The van der Waals surface area contributed by atoms with Crippen molar-refractivity contribution in [3.8, 4) is 39.8 Å². The van der Waals surface area contributed by atoms with E-state index < -0.39 is 47.6 Å². The molecule has 10 rings (SSSR count). The van der Waals surface area contributed by atoms with Gasteiger partial charge in [-0.25, -0.2) is 9.97 Å². The van der Waals surface area contributed by atoms with Gasteiger partial charge in [0.15, 0.2) is 29.5 Å². The number of aromatic amines is 1. The van der Waals surface area contributed by atoms with Crippen molar-refractivity contribution in [2.75, 3.05) is 5.32 Å². The van der Waals surface area contributed by atoms with Crippen LogP contribution in [0.4, 0.5) is 5.69 Å². The minimum Gasteiger partial charge on any atom is -0.469 e. The Hall–Kier alpha value is -6.37. The number of nitrogens with one attached hydrogen (secondary N) is 4. The van der Waals surface area contributed by atoms with E-state index in [0.29, 0.717) is 23.0 Å². The fraction of sp³-hybridized carbons (Fsp3) is 0.310. The number of rotatable bonds is 5. The fourth-order valence-electron chi connectivity index (χ4n) is 8.78. The number of nitrogens with zero attached hydrogens (tertiary/aromatic N) is 2. The second kappa shape index (κ2) is 11.8. The Balaban J connectivity index is 1.23. The molecule has 3 aromatic heterocycles. The summed E-state index contributed by atoms with van der Waals surface area (Å²) in [6.07, 6.45) is 2.03. The van der Waals surface area contributed by atoms with Gasteiger partial charge in [-0.1, -0.05) is 70.2 Å². The van der Waals surface area contributed by atoms with Crippen LogP contribution in [-0.2, 0) is 31.0 Å². The first-order chi connectivity index (χ1) is 26.5. The van der Waals surface area contributed by atoms with Crippen LogP contribution in [0.3, 0.4) is 0 Å². The number of ether oxygens (including phenoxy) is 2. The summed E-state index contributed by atoms with van der Waals surface area (Å²) in [6.45, 7) is 8.75. The monoisotopic (exact) mass is 738 g/mol. The van der Waals surface area contributed by atoms with Crippen LogP contribution in [0.5, 0.6) is 5.75 Å². The van der Waals surface area contributed by atoms with Crippen LogP contribution >= 0.6 is 0 Å². The molecule has 2 unspecified atom stereocenters. The molecule has 3 aromatic carbocycles. The summed E-state index contributed by atoms with van der Waals surface area (Å²) in [5.74, 6) is 0.0558. The van der Waals surface area contributed by atoms with Gasteiger partial charge in [0.25, 0.3) is 5.91 Å². The number of benzene rings is 3. The first kappa shape index (κ1) is 33.2. The van der Waals surface area contributed by atoms with Crippen molar-refractivity contribution in [1.82, 2.24) is 25.6 Å². The maximum absolute atomic E-state index is 14.3. The van der Waals surface area contributed by atoms with Crippen LogP contribution in [0.1, 0.15) is 69.0 Å². The molecule has 278 valence electrons. The average Bonchev–Trinajstić information content (AvgIpc) is 3.98. The van der Waals surface area contributed by atoms with Gasteiger partial charge in [-0.2, -0.15) is 0 Å². The zero-order valence-corrected chi connectivity index (χ0v) is 30.8. The number of fused-ring (bicyclic) bond motifs is 7. The third-order valence-electron chi connectivity index (χ3n) is 11.3. The molecule has 0 fully saturated rings. The second-order valence-corrected chi connectivity index (χ2v) is 15.5. The number of aromatic nitrogens is 3. The number of para-hydroxylation sites is 1. The maximum Gasteiger partial charge on any atom is 0.303 e. The van der Waals surface area contributed by atoms with E-state index in [9.17, 15) is 14.4 Å². The zero-order chi connectivity index (χ0) is 37.9. The topological polar surface area (TPSA) is 174 Å². The number of H-pyrrole nitrogens is 1. The Labute approximate surface area is 315 Å². The summed E-state index contributed by atoms with van der Waals surface area (Å²) in [5.41, 5.74) is 6.48. The van der Waals surface area contributed by atoms with Crippen molar-refractivity contribution in [2.45, 2.75) is 70.9 Å². The molecule has 0 saturated carbocycles. The minimum absolute atomic E-state index is 0.141. The molecule has 55 heavy (non-hydrogen) atoms. The van der Waals surface area contributed by atoms with Gasteiger partial charge in [0, 0.05) is 58.4 Å². The lowest BCUT2D eigenvalue weighted by Gasteiger charge is -2.29. The summed E-state index contributed by atoms with van der Waals surface area (Å²) in [7, 11) is 0.